The molecule has 0 aromatic carbocycles. The second-order valence-electron chi connectivity index (χ2n) is 6.54. The predicted molar refractivity (Wildman–Crippen MR) is 103 cm³/mol. The fourth-order valence-corrected chi connectivity index (χ4v) is 2.50. The molecule has 0 unspecified atom stereocenters. The van der Waals surface area contributed by atoms with Gasteiger partial charge in [0.15, 0.2) is 0 Å². The van der Waals surface area contributed by atoms with Gasteiger partial charge in [-0.25, -0.2) is 0 Å². The van der Waals surface area contributed by atoms with E-state index >= 15 is 0 Å². The second kappa shape index (κ2) is 10.6. The lowest BCUT2D eigenvalue weighted by atomic mass is 9.91. The van der Waals surface area contributed by atoms with Gasteiger partial charge in [-0.05, 0) is 60.4 Å². The minimum Gasteiger partial charge on any atom is -0.342 e. The summed E-state index contributed by atoms with van der Waals surface area (Å²) in [6.45, 7) is 9.73. The summed E-state index contributed by atoms with van der Waals surface area (Å²) in [5, 5.41) is 9.18. The van der Waals surface area contributed by atoms with E-state index in [1.165, 1.54) is 0 Å². The Kier molecular flexibility index (Phi) is 10.0. The van der Waals surface area contributed by atoms with E-state index in [0.29, 0.717) is 6.67 Å². The number of Topliss-reactive ketones (excluding diaryl/α,β-unsaturated/α-hetero) is 1. The molecule has 0 heterocycles. The Balaban J connectivity index is -0.000000807. The van der Waals surface area contributed by atoms with E-state index in [-0.39, 0.29) is 16.0 Å². The summed E-state index contributed by atoms with van der Waals surface area (Å²) < 4.78 is 0. The van der Waals surface area contributed by atoms with Crippen LogP contribution in [-0.4, -0.2) is 36.5 Å². The van der Waals surface area contributed by atoms with E-state index in [9.17, 15) is 9.59 Å². The third-order valence-electron chi connectivity index (χ3n) is 4.59. The van der Waals surface area contributed by atoms with Crippen LogP contribution in [0.1, 0.15) is 71.0 Å². The minimum atomic E-state index is -0.602. The third-order valence-corrected chi connectivity index (χ3v) is 4.59. The number of hydrogen-bond acceptors (Lipinski definition) is 4. The summed E-state index contributed by atoms with van der Waals surface area (Å²) in [7, 11) is 1.80. The third kappa shape index (κ3) is 7.27. The molecule has 5 nitrogen and oxygen atoms in total. The van der Waals surface area contributed by atoms with Crippen LogP contribution in [0.25, 0.3) is 0 Å². The standard InChI is InChI=1S/C18H35N3O2.3H2/c1-7-9-10-11-13-17(4,15(3)22)21-14-20-16(23)18(5,19-6)12-8-2;;;/h7,9,19,21H,8,10-14H2,1-6H3,(H,20,23);3*1H/b9-7+;;;/t17-,18-;;;/m0.../s1. The smallest absolute Gasteiger partial charge is 0.241 e. The molecule has 23 heavy (non-hydrogen) atoms. The minimum absolute atomic E-state index is 0. The van der Waals surface area contributed by atoms with Crippen LogP contribution in [0.15, 0.2) is 12.2 Å². The second-order valence-corrected chi connectivity index (χ2v) is 6.54. The summed E-state index contributed by atoms with van der Waals surface area (Å²) in [6.07, 6.45) is 8.46. The molecule has 5 heteroatoms. The molecule has 140 valence electrons. The van der Waals surface area contributed by atoms with Gasteiger partial charge in [0.25, 0.3) is 0 Å². The van der Waals surface area contributed by atoms with Crippen molar-refractivity contribution in [1.29, 1.82) is 0 Å². The summed E-state index contributed by atoms with van der Waals surface area (Å²) in [6, 6.07) is 0. The number of amides is 1. The lowest BCUT2D eigenvalue weighted by Gasteiger charge is -2.31. The average Bonchev–Trinajstić information content (AvgIpc) is 2.51. The Morgan fingerprint density at radius 2 is 1.83 bits per heavy atom. The summed E-state index contributed by atoms with van der Waals surface area (Å²) in [5.74, 6) is 0.0475. The van der Waals surface area contributed by atoms with Gasteiger partial charge < -0.3 is 10.6 Å². The van der Waals surface area contributed by atoms with Crippen LogP contribution < -0.4 is 16.0 Å². The number of carbonyl (C=O) groups is 2. The van der Waals surface area contributed by atoms with Crippen LogP contribution in [-0.2, 0) is 9.59 Å². The average molecular weight is 332 g/mol. The number of ketones is 1. The first-order chi connectivity index (χ1) is 10.8. The number of unbranched alkanes of at least 4 members (excludes halogenated alkanes) is 1. The first kappa shape index (κ1) is 21.8. The molecule has 0 fully saturated rings. The first-order valence-corrected chi connectivity index (χ1v) is 8.60. The van der Waals surface area contributed by atoms with Crippen molar-refractivity contribution in [2.24, 2.45) is 0 Å². The topological polar surface area (TPSA) is 70.2 Å². The van der Waals surface area contributed by atoms with Crippen molar-refractivity contribution in [3.05, 3.63) is 12.2 Å². The van der Waals surface area contributed by atoms with Crippen molar-refractivity contribution in [2.45, 2.75) is 77.8 Å². The van der Waals surface area contributed by atoms with E-state index in [1.807, 2.05) is 26.8 Å². The molecule has 0 aromatic heterocycles. The monoisotopic (exact) mass is 331 g/mol. The Bertz CT molecular complexity index is 422. The Hall–Kier alpha value is -1.20. The maximum atomic E-state index is 12.3. The van der Waals surface area contributed by atoms with Crippen molar-refractivity contribution in [3.63, 3.8) is 0 Å². The zero-order chi connectivity index (χ0) is 17.9. The molecule has 0 aliphatic heterocycles. The van der Waals surface area contributed by atoms with Gasteiger partial charge in [0.2, 0.25) is 5.91 Å². The molecule has 0 aliphatic carbocycles. The normalized spacial score (nSPS) is 16.8. The largest absolute Gasteiger partial charge is 0.342 e. The first-order valence-electron chi connectivity index (χ1n) is 8.60. The molecule has 0 radical (unpaired) electrons. The molecular formula is C18H41N3O2. The van der Waals surface area contributed by atoms with E-state index in [0.717, 1.165) is 32.1 Å². The van der Waals surface area contributed by atoms with Gasteiger partial charge in [-0.15, -0.1) is 0 Å². The molecule has 0 rings (SSSR count). The quantitative estimate of drug-likeness (QED) is 0.292. The van der Waals surface area contributed by atoms with Gasteiger partial charge in [0.1, 0.15) is 5.78 Å². The van der Waals surface area contributed by atoms with Crippen LogP contribution >= 0.6 is 0 Å². The molecule has 0 bridgehead atoms. The van der Waals surface area contributed by atoms with Crippen LogP contribution in [0.5, 0.6) is 0 Å². The summed E-state index contributed by atoms with van der Waals surface area (Å²) >= 11 is 0. The molecule has 0 aromatic rings. The van der Waals surface area contributed by atoms with E-state index in [2.05, 4.69) is 29.0 Å². The number of allylic oxidation sites excluding steroid dienone is 2. The van der Waals surface area contributed by atoms with E-state index < -0.39 is 11.1 Å². The van der Waals surface area contributed by atoms with Gasteiger partial charge in [0.05, 0.1) is 17.7 Å². The maximum Gasteiger partial charge on any atom is 0.241 e. The van der Waals surface area contributed by atoms with Crippen LogP contribution in [0, 0.1) is 0 Å². The molecule has 3 N–H and O–H groups in total. The van der Waals surface area contributed by atoms with Crippen molar-refractivity contribution in [2.75, 3.05) is 13.7 Å². The van der Waals surface area contributed by atoms with Gasteiger partial charge in [0, 0.05) is 4.28 Å². The molecule has 1 amide bonds. The number of nitrogens with one attached hydrogen (secondary N) is 3. The van der Waals surface area contributed by atoms with Gasteiger partial charge in [-0.3, -0.25) is 14.9 Å². The van der Waals surface area contributed by atoms with Crippen molar-refractivity contribution in [3.8, 4) is 0 Å². The highest BCUT2D eigenvalue weighted by Crippen LogP contribution is 2.16. The Labute approximate surface area is 146 Å². The van der Waals surface area contributed by atoms with Crippen LogP contribution in [0.2, 0.25) is 0 Å². The van der Waals surface area contributed by atoms with Crippen molar-refractivity contribution >= 4 is 11.7 Å². The maximum absolute atomic E-state index is 12.3. The highest BCUT2D eigenvalue weighted by atomic mass is 16.2. The number of rotatable bonds is 12. The number of likely N-dealkylation sites (N-methyl/N-ethyl adjacent to an activating group) is 1. The zero-order valence-corrected chi connectivity index (χ0v) is 15.7. The molecule has 0 saturated carbocycles. The SMILES string of the molecule is C/C=C/CCC[C@](C)(NCNC(=O)[C@](C)(CCC)NC)C(C)=O.[HH].[HH].[HH]. The Morgan fingerprint density at radius 1 is 1.17 bits per heavy atom. The molecule has 0 spiro atoms. The number of carbonyl (C=O) groups excluding carboxylic acids is 2. The highest BCUT2D eigenvalue weighted by molar-refractivity contribution is 5.87. The van der Waals surface area contributed by atoms with Gasteiger partial charge >= 0.3 is 0 Å². The van der Waals surface area contributed by atoms with Crippen LogP contribution in [0.4, 0.5) is 0 Å². The number of hydrogen-bond donors (Lipinski definition) is 3. The molecule has 0 saturated heterocycles. The predicted octanol–water partition coefficient (Wildman–Crippen LogP) is 3.26. The zero-order valence-electron chi connectivity index (χ0n) is 15.7. The summed E-state index contributed by atoms with van der Waals surface area (Å²) in [5.41, 5.74) is -1.18. The van der Waals surface area contributed by atoms with Crippen molar-refractivity contribution in [1.82, 2.24) is 16.0 Å². The van der Waals surface area contributed by atoms with Gasteiger partial charge in [-0.1, -0.05) is 25.5 Å². The fourth-order valence-electron chi connectivity index (χ4n) is 2.50. The lowest BCUT2D eigenvalue weighted by Crippen LogP contribution is -2.58. The molecular weight excluding hydrogens is 290 g/mol. The van der Waals surface area contributed by atoms with Gasteiger partial charge in [-0.2, -0.15) is 0 Å². The molecule has 0 aliphatic rings. The fraction of sp³-hybridized carbons (Fsp3) is 0.778. The van der Waals surface area contributed by atoms with E-state index in [4.69, 9.17) is 0 Å². The lowest BCUT2D eigenvalue weighted by molar-refractivity contribution is -0.128. The van der Waals surface area contributed by atoms with E-state index in [1.54, 1.807) is 14.0 Å². The van der Waals surface area contributed by atoms with Crippen molar-refractivity contribution < 1.29 is 13.9 Å². The summed E-state index contributed by atoms with van der Waals surface area (Å²) in [4.78, 5) is 24.3. The highest BCUT2D eigenvalue weighted by Gasteiger charge is 2.32. The molecule has 2 atom stereocenters. The Morgan fingerprint density at radius 3 is 2.30 bits per heavy atom. The van der Waals surface area contributed by atoms with Crippen LogP contribution in [0.3, 0.4) is 0 Å².